The van der Waals surface area contributed by atoms with Gasteiger partial charge in [0.25, 0.3) is 0 Å². The molecule has 2 aromatic rings. The zero-order valence-electron chi connectivity index (χ0n) is 10.9. The number of aromatic nitrogens is 1. The predicted octanol–water partition coefficient (Wildman–Crippen LogP) is 4.50. The minimum absolute atomic E-state index is 0.175. The SMILES string of the molecule is Cc1cc(C)c(O)c(N=Nc2nc(C)c(C)s2)c1. The van der Waals surface area contributed by atoms with Crippen LogP contribution in [-0.4, -0.2) is 10.1 Å². The van der Waals surface area contributed by atoms with Crippen molar-refractivity contribution in [2.45, 2.75) is 27.7 Å². The molecule has 0 bridgehead atoms. The number of thiazole rings is 1. The fraction of sp³-hybridized carbons (Fsp3) is 0.308. The molecule has 1 aromatic carbocycles. The van der Waals surface area contributed by atoms with Gasteiger partial charge in [0.05, 0.1) is 5.69 Å². The van der Waals surface area contributed by atoms with Gasteiger partial charge in [0.15, 0.2) is 0 Å². The normalized spacial score (nSPS) is 11.3. The number of hydrogen-bond acceptors (Lipinski definition) is 5. The van der Waals surface area contributed by atoms with Crippen LogP contribution in [0.5, 0.6) is 5.75 Å². The minimum atomic E-state index is 0.175. The van der Waals surface area contributed by atoms with Gasteiger partial charge in [0, 0.05) is 4.88 Å². The number of azo groups is 1. The van der Waals surface area contributed by atoms with Crippen LogP contribution in [0.4, 0.5) is 10.8 Å². The summed E-state index contributed by atoms with van der Waals surface area (Å²) in [6, 6.07) is 3.71. The molecule has 0 amide bonds. The van der Waals surface area contributed by atoms with Crippen molar-refractivity contribution in [3.8, 4) is 5.75 Å². The van der Waals surface area contributed by atoms with Gasteiger partial charge in [-0.2, -0.15) is 0 Å². The molecule has 18 heavy (non-hydrogen) atoms. The maximum absolute atomic E-state index is 9.89. The van der Waals surface area contributed by atoms with Gasteiger partial charge in [-0.05, 0) is 44.9 Å². The molecule has 0 aliphatic heterocycles. The molecule has 0 aliphatic carbocycles. The molecular formula is C13H15N3OS. The van der Waals surface area contributed by atoms with Gasteiger partial charge >= 0.3 is 0 Å². The van der Waals surface area contributed by atoms with Crippen LogP contribution in [0.3, 0.4) is 0 Å². The van der Waals surface area contributed by atoms with E-state index in [2.05, 4.69) is 15.2 Å². The van der Waals surface area contributed by atoms with Crippen molar-refractivity contribution in [3.63, 3.8) is 0 Å². The summed E-state index contributed by atoms with van der Waals surface area (Å²) in [5.74, 6) is 0.175. The van der Waals surface area contributed by atoms with Crippen molar-refractivity contribution < 1.29 is 5.11 Å². The first-order valence-electron chi connectivity index (χ1n) is 5.63. The average molecular weight is 261 g/mol. The van der Waals surface area contributed by atoms with Crippen LogP contribution < -0.4 is 0 Å². The molecule has 1 N–H and O–H groups in total. The first-order valence-corrected chi connectivity index (χ1v) is 6.45. The van der Waals surface area contributed by atoms with Crippen LogP contribution in [0.2, 0.25) is 0 Å². The average Bonchev–Trinajstić information content (AvgIpc) is 2.61. The molecule has 4 nitrogen and oxygen atoms in total. The highest BCUT2D eigenvalue weighted by Gasteiger charge is 2.06. The summed E-state index contributed by atoms with van der Waals surface area (Å²) in [4.78, 5) is 5.41. The molecule has 0 spiro atoms. The summed E-state index contributed by atoms with van der Waals surface area (Å²) in [6.45, 7) is 7.75. The number of aryl methyl sites for hydroxylation is 4. The van der Waals surface area contributed by atoms with E-state index in [9.17, 15) is 5.11 Å². The van der Waals surface area contributed by atoms with Crippen molar-refractivity contribution in [3.05, 3.63) is 33.8 Å². The lowest BCUT2D eigenvalue weighted by Gasteiger charge is -2.03. The molecule has 94 valence electrons. The quantitative estimate of drug-likeness (QED) is 0.809. The second kappa shape index (κ2) is 4.86. The topological polar surface area (TPSA) is 57.8 Å². The van der Waals surface area contributed by atoms with Crippen molar-refractivity contribution in [2.24, 2.45) is 10.2 Å². The summed E-state index contributed by atoms with van der Waals surface area (Å²) in [7, 11) is 0. The van der Waals surface area contributed by atoms with E-state index in [1.54, 1.807) is 6.07 Å². The van der Waals surface area contributed by atoms with Crippen molar-refractivity contribution in [2.75, 3.05) is 0 Å². The summed E-state index contributed by atoms with van der Waals surface area (Å²) in [5, 5.41) is 18.7. The van der Waals surface area contributed by atoms with Crippen molar-refractivity contribution >= 4 is 22.2 Å². The Bertz CT molecular complexity index is 597. The highest BCUT2D eigenvalue weighted by molar-refractivity contribution is 7.15. The lowest BCUT2D eigenvalue weighted by Crippen LogP contribution is -1.78. The Hall–Kier alpha value is -1.75. The van der Waals surface area contributed by atoms with Gasteiger partial charge in [0.2, 0.25) is 5.13 Å². The number of phenols is 1. The van der Waals surface area contributed by atoms with E-state index < -0.39 is 0 Å². The number of phenolic OH excluding ortho intramolecular Hbond substituents is 1. The molecule has 0 saturated heterocycles. The molecule has 1 heterocycles. The molecule has 5 heteroatoms. The molecular weight excluding hydrogens is 246 g/mol. The first kappa shape index (κ1) is 12.7. The highest BCUT2D eigenvalue weighted by atomic mass is 32.1. The van der Waals surface area contributed by atoms with Crippen LogP contribution in [0.15, 0.2) is 22.4 Å². The fourth-order valence-corrected chi connectivity index (χ4v) is 2.34. The predicted molar refractivity (Wildman–Crippen MR) is 73.3 cm³/mol. The maximum Gasteiger partial charge on any atom is 0.230 e. The van der Waals surface area contributed by atoms with E-state index in [1.165, 1.54) is 11.3 Å². The Morgan fingerprint density at radius 3 is 2.44 bits per heavy atom. The smallest absolute Gasteiger partial charge is 0.230 e. The summed E-state index contributed by atoms with van der Waals surface area (Å²) >= 11 is 1.49. The maximum atomic E-state index is 9.89. The van der Waals surface area contributed by atoms with Gasteiger partial charge in [0.1, 0.15) is 11.4 Å². The highest BCUT2D eigenvalue weighted by Crippen LogP contribution is 2.33. The zero-order chi connectivity index (χ0) is 13.3. The molecule has 0 radical (unpaired) electrons. The summed E-state index contributed by atoms with van der Waals surface area (Å²) in [6.07, 6.45) is 0. The Labute approximate surface area is 110 Å². The van der Waals surface area contributed by atoms with Crippen LogP contribution in [0, 0.1) is 27.7 Å². The van der Waals surface area contributed by atoms with E-state index >= 15 is 0 Å². The van der Waals surface area contributed by atoms with Crippen LogP contribution in [0.25, 0.3) is 0 Å². The second-order valence-corrected chi connectivity index (χ2v) is 5.47. The molecule has 0 aliphatic rings. The van der Waals surface area contributed by atoms with Crippen LogP contribution in [0.1, 0.15) is 21.7 Å². The van der Waals surface area contributed by atoms with Crippen LogP contribution in [-0.2, 0) is 0 Å². The molecule has 0 atom stereocenters. The van der Waals surface area contributed by atoms with E-state index in [0.717, 1.165) is 21.7 Å². The third kappa shape index (κ3) is 2.56. The lowest BCUT2D eigenvalue weighted by atomic mass is 10.1. The van der Waals surface area contributed by atoms with Crippen LogP contribution >= 0.6 is 11.3 Å². The van der Waals surface area contributed by atoms with Crippen molar-refractivity contribution in [1.29, 1.82) is 0 Å². The van der Waals surface area contributed by atoms with Gasteiger partial charge in [-0.3, -0.25) is 0 Å². The van der Waals surface area contributed by atoms with E-state index in [-0.39, 0.29) is 5.75 Å². The standard InChI is InChI=1S/C13H15N3OS/c1-7-5-8(2)12(17)11(6-7)15-16-13-14-9(3)10(4)18-13/h5-6,17H,1-4H3. The number of rotatable bonds is 2. The van der Waals surface area contributed by atoms with Gasteiger partial charge in [-0.25, -0.2) is 4.98 Å². The summed E-state index contributed by atoms with van der Waals surface area (Å²) < 4.78 is 0. The molecule has 0 unspecified atom stereocenters. The number of nitrogens with zero attached hydrogens (tertiary/aromatic N) is 3. The molecule has 0 fully saturated rings. The Morgan fingerprint density at radius 2 is 1.83 bits per heavy atom. The number of benzene rings is 1. The van der Waals surface area contributed by atoms with Crippen molar-refractivity contribution in [1.82, 2.24) is 4.98 Å². The van der Waals surface area contributed by atoms with E-state index in [0.29, 0.717) is 10.8 Å². The molecule has 2 rings (SSSR count). The third-order valence-electron chi connectivity index (χ3n) is 2.69. The first-order chi connectivity index (χ1) is 8.47. The van der Waals surface area contributed by atoms with E-state index in [1.807, 2.05) is 33.8 Å². The van der Waals surface area contributed by atoms with Gasteiger partial charge in [-0.15, -0.1) is 10.2 Å². The van der Waals surface area contributed by atoms with E-state index in [4.69, 9.17) is 0 Å². The lowest BCUT2D eigenvalue weighted by molar-refractivity contribution is 0.472. The van der Waals surface area contributed by atoms with Gasteiger partial charge in [-0.1, -0.05) is 17.4 Å². The summed E-state index contributed by atoms with van der Waals surface area (Å²) in [5.41, 5.74) is 3.30. The Balaban J connectivity index is 2.34. The fourth-order valence-electron chi connectivity index (χ4n) is 1.61. The molecule has 1 aromatic heterocycles. The molecule has 0 saturated carbocycles. The zero-order valence-corrected chi connectivity index (χ0v) is 11.7. The third-order valence-corrected chi connectivity index (χ3v) is 3.64. The number of hydrogen-bond donors (Lipinski definition) is 1. The number of aromatic hydroxyl groups is 1. The minimum Gasteiger partial charge on any atom is -0.505 e. The Kier molecular flexibility index (Phi) is 3.43. The monoisotopic (exact) mass is 261 g/mol. The second-order valence-electron chi connectivity index (χ2n) is 4.29. The largest absolute Gasteiger partial charge is 0.505 e. The van der Waals surface area contributed by atoms with Gasteiger partial charge < -0.3 is 5.11 Å². The Morgan fingerprint density at radius 1 is 1.11 bits per heavy atom.